The SMILES string of the molecule is O=C1CC2COC=C(CO)N12. The van der Waals surface area contributed by atoms with E-state index in [1.165, 1.54) is 6.26 Å². The Kier molecular flexibility index (Phi) is 1.35. The Morgan fingerprint density at radius 2 is 2.64 bits per heavy atom. The Morgan fingerprint density at radius 1 is 1.82 bits per heavy atom. The number of amides is 1. The summed E-state index contributed by atoms with van der Waals surface area (Å²) < 4.78 is 5.04. The highest BCUT2D eigenvalue weighted by Gasteiger charge is 2.40. The van der Waals surface area contributed by atoms with Gasteiger partial charge in [-0.15, -0.1) is 0 Å². The summed E-state index contributed by atoms with van der Waals surface area (Å²) in [7, 11) is 0. The van der Waals surface area contributed by atoms with Gasteiger partial charge in [0.15, 0.2) is 0 Å². The molecule has 0 spiro atoms. The minimum absolute atomic E-state index is 0.0820. The average Bonchev–Trinajstić information content (AvgIpc) is 2.01. The van der Waals surface area contributed by atoms with Crippen LogP contribution >= 0.6 is 0 Å². The second-order valence-corrected chi connectivity index (χ2v) is 2.72. The molecule has 4 heteroatoms. The van der Waals surface area contributed by atoms with Gasteiger partial charge in [-0.05, 0) is 0 Å². The molecule has 1 N–H and O–H groups in total. The number of ether oxygens (including phenoxy) is 1. The molecule has 2 aliphatic heterocycles. The van der Waals surface area contributed by atoms with Crippen molar-refractivity contribution in [3.63, 3.8) is 0 Å². The van der Waals surface area contributed by atoms with Crippen molar-refractivity contribution in [1.29, 1.82) is 0 Å². The molecule has 0 aromatic heterocycles. The van der Waals surface area contributed by atoms with Crippen LogP contribution in [0.2, 0.25) is 0 Å². The van der Waals surface area contributed by atoms with Crippen LogP contribution in [0.5, 0.6) is 0 Å². The van der Waals surface area contributed by atoms with Crippen molar-refractivity contribution in [1.82, 2.24) is 4.90 Å². The number of carbonyl (C=O) groups is 1. The van der Waals surface area contributed by atoms with Crippen LogP contribution in [0.3, 0.4) is 0 Å². The molecule has 2 aliphatic rings. The van der Waals surface area contributed by atoms with Crippen LogP contribution in [0.25, 0.3) is 0 Å². The fraction of sp³-hybridized carbons (Fsp3) is 0.571. The highest BCUT2D eigenvalue weighted by Crippen LogP contribution is 2.27. The van der Waals surface area contributed by atoms with Gasteiger partial charge in [0.1, 0.15) is 12.9 Å². The zero-order valence-corrected chi connectivity index (χ0v) is 5.99. The lowest BCUT2D eigenvalue weighted by Gasteiger charge is -2.43. The summed E-state index contributed by atoms with van der Waals surface area (Å²) in [5, 5.41) is 8.79. The second-order valence-electron chi connectivity index (χ2n) is 2.72. The number of β-lactam (4-membered cyclic amide) rings is 1. The van der Waals surface area contributed by atoms with Gasteiger partial charge in [-0.3, -0.25) is 4.79 Å². The third-order valence-corrected chi connectivity index (χ3v) is 2.02. The molecule has 0 saturated carbocycles. The fourth-order valence-corrected chi connectivity index (χ4v) is 1.44. The smallest absolute Gasteiger partial charge is 0.229 e. The van der Waals surface area contributed by atoms with Crippen LogP contribution in [0, 0.1) is 0 Å². The van der Waals surface area contributed by atoms with Gasteiger partial charge in [0.05, 0.1) is 24.8 Å². The first kappa shape index (κ1) is 6.67. The molecule has 0 aromatic carbocycles. The fourth-order valence-electron chi connectivity index (χ4n) is 1.44. The van der Waals surface area contributed by atoms with Gasteiger partial charge in [-0.2, -0.15) is 0 Å². The molecule has 2 rings (SSSR count). The maximum Gasteiger partial charge on any atom is 0.229 e. The molecule has 0 bridgehead atoms. The van der Waals surface area contributed by atoms with Crippen LogP contribution in [-0.2, 0) is 9.53 Å². The van der Waals surface area contributed by atoms with E-state index in [1.54, 1.807) is 4.90 Å². The van der Waals surface area contributed by atoms with E-state index in [4.69, 9.17) is 9.84 Å². The van der Waals surface area contributed by atoms with E-state index in [0.29, 0.717) is 18.7 Å². The average molecular weight is 155 g/mol. The molecule has 2 heterocycles. The topological polar surface area (TPSA) is 49.8 Å². The summed E-state index contributed by atoms with van der Waals surface area (Å²) in [4.78, 5) is 12.6. The van der Waals surface area contributed by atoms with Crippen LogP contribution in [0.1, 0.15) is 6.42 Å². The Morgan fingerprint density at radius 3 is 3.18 bits per heavy atom. The van der Waals surface area contributed by atoms with Crippen molar-refractivity contribution in [3.05, 3.63) is 12.0 Å². The zero-order chi connectivity index (χ0) is 7.84. The Labute approximate surface area is 64.1 Å². The van der Waals surface area contributed by atoms with E-state index in [0.717, 1.165) is 0 Å². The van der Waals surface area contributed by atoms with Crippen LogP contribution in [0.15, 0.2) is 12.0 Å². The Bertz CT molecular complexity index is 224. The normalized spacial score (nSPS) is 28.5. The molecular formula is C7H9NO3. The molecule has 0 aromatic rings. The quantitative estimate of drug-likeness (QED) is 0.517. The Hall–Kier alpha value is -1.03. The predicted molar refractivity (Wildman–Crippen MR) is 36.4 cm³/mol. The van der Waals surface area contributed by atoms with Gasteiger partial charge < -0.3 is 14.7 Å². The first-order valence-corrected chi connectivity index (χ1v) is 3.56. The molecule has 0 aliphatic carbocycles. The largest absolute Gasteiger partial charge is 0.497 e. The van der Waals surface area contributed by atoms with E-state index >= 15 is 0 Å². The molecule has 1 fully saturated rings. The van der Waals surface area contributed by atoms with E-state index in [2.05, 4.69) is 0 Å². The van der Waals surface area contributed by atoms with Gasteiger partial charge >= 0.3 is 0 Å². The summed E-state index contributed by atoms with van der Waals surface area (Å²) in [6.45, 7) is 0.442. The molecule has 11 heavy (non-hydrogen) atoms. The molecule has 60 valence electrons. The summed E-state index contributed by atoms with van der Waals surface area (Å²) in [6.07, 6.45) is 2.00. The van der Waals surface area contributed by atoms with E-state index in [9.17, 15) is 4.79 Å². The van der Waals surface area contributed by atoms with Crippen molar-refractivity contribution >= 4 is 5.91 Å². The first-order chi connectivity index (χ1) is 5.33. The molecule has 1 atom stereocenters. The van der Waals surface area contributed by atoms with Gasteiger partial charge in [0.2, 0.25) is 5.91 Å². The highest BCUT2D eigenvalue weighted by atomic mass is 16.5. The summed E-state index contributed by atoms with van der Waals surface area (Å²) in [5.41, 5.74) is 0.581. The molecule has 1 amide bonds. The van der Waals surface area contributed by atoms with Crippen molar-refractivity contribution in [2.24, 2.45) is 0 Å². The predicted octanol–water partition coefficient (Wildman–Crippen LogP) is -0.549. The van der Waals surface area contributed by atoms with Crippen molar-refractivity contribution < 1.29 is 14.6 Å². The molecular weight excluding hydrogens is 146 g/mol. The third kappa shape index (κ3) is 0.826. The van der Waals surface area contributed by atoms with Crippen LogP contribution < -0.4 is 0 Å². The lowest BCUT2D eigenvalue weighted by molar-refractivity contribution is -0.147. The number of nitrogens with zero attached hydrogens (tertiary/aromatic N) is 1. The number of fused-ring (bicyclic) bond motifs is 1. The first-order valence-electron chi connectivity index (χ1n) is 3.56. The van der Waals surface area contributed by atoms with Crippen LogP contribution in [0.4, 0.5) is 0 Å². The van der Waals surface area contributed by atoms with Gasteiger partial charge in [-0.1, -0.05) is 0 Å². The summed E-state index contributed by atoms with van der Waals surface area (Å²) >= 11 is 0. The monoisotopic (exact) mass is 155 g/mol. The molecule has 1 unspecified atom stereocenters. The minimum atomic E-state index is -0.123. The molecule has 0 radical (unpaired) electrons. The number of hydrogen-bond donors (Lipinski definition) is 1. The molecule has 1 saturated heterocycles. The maximum absolute atomic E-state index is 11.0. The number of carbonyl (C=O) groups excluding carboxylic acids is 1. The number of rotatable bonds is 1. The van der Waals surface area contributed by atoms with Gasteiger partial charge in [-0.25, -0.2) is 0 Å². The van der Waals surface area contributed by atoms with Crippen molar-refractivity contribution in [2.75, 3.05) is 13.2 Å². The Balaban J connectivity index is 2.18. The number of hydrogen-bond acceptors (Lipinski definition) is 3. The number of aliphatic hydroxyl groups excluding tert-OH is 1. The lowest BCUT2D eigenvalue weighted by Crippen LogP contribution is -2.56. The minimum Gasteiger partial charge on any atom is -0.497 e. The van der Waals surface area contributed by atoms with Gasteiger partial charge in [0, 0.05) is 0 Å². The van der Waals surface area contributed by atoms with E-state index in [1.807, 2.05) is 0 Å². The van der Waals surface area contributed by atoms with Crippen LogP contribution in [-0.4, -0.2) is 35.2 Å². The lowest BCUT2D eigenvalue weighted by atomic mass is 10.0. The third-order valence-electron chi connectivity index (χ3n) is 2.02. The van der Waals surface area contributed by atoms with Gasteiger partial charge in [0.25, 0.3) is 0 Å². The zero-order valence-electron chi connectivity index (χ0n) is 5.99. The molecule has 4 nitrogen and oxygen atoms in total. The number of aliphatic hydroxyl groups is 1. The van der Waals surface area contributed by atoms with Crippen molar-refractivity contribution in [3.8, 4) is 0 Å². The highest BCUT2D eigenvalue weighted by molar-refractivity contribution is 5.85. The van der Waals surface area contributed by atoms with Crippen molar-refractivity contribution in [2.45, 2.75) is 12.5 Å². The summed E-state index contributed by atoms with van der Waals surface area (Å²) in [5.74, 6) is 0.0820. The second kappa shape index (κ2) is 2.23. The maximum atomic E-state index is 11.0. The standard InChI is InChI=1S/C7H9NO3/c9-2-6-4-11-3-5-1-7(10)8(5)6/h4-5,9H,1-3H2. The van der Waals surface area contributed by atoms with E-state index in [-0.39, 0.29) is 18.6 Å². The summed E-state index contributed by atoms with van der Waals surface area (Å²) in [6, 6.07) is 0.176. The van der Waals surface area contributed by atoms with E-state index < -0.39 is 0 Å².